The molecule has 1 fully saturated rings. The Morgan fingerprint density at radius 2 is 2.16 bits per heavy atom. The first-order valence-electron chi connectivity index (χ1n) is 8.04. The number of anilines is 1. The number of aryl methyl sites for hydroxylation is 1. The van der Waals surface area contributed by atoms with E-state index in [1.54, 1.807) is 12.1 Å². The van der Waals surface area contributed by atoms with E-state index >= 15 is 0 Å². The number of sulfonamides is 1. The number of amides is 1. The maximum absolute atomic E-state index is 12.4. The molecule has 1 heterocycles. The van der Waals surface area contributed by atoms with Crippen molar-refractivity contribution < 1.29 is 13.2 Å². The molecule has 1 amide bonds. The Hall–Kier alpha value is -1.97. The van der Waals surface area contributed by atoms with Gasteiger partial charge in [0.15, 0.2) is 5.13 Å². The van der Waals surface area contributed by atoms with E-state index in [0.29, 0.717) is 23.5 Å². The van der Waals surface area contributed by atoms with E-state index in [2.05, 4.69) is 15.0 Å². The summed E-state index contributed by atoms with van der Waals surface area (Å²) in [5, 5.41) is 5.23. The van der Waals surface area contributed by atoms with Gasteiger partial charge in [-0.1, -0.05) is 6.07 Å². The van der Waals surface area contributed by atoms with Crippen LogP contribution in [-0.2, 0) is 16.4 Å². The smallest absolute Gasteiger partial charge is 0.251 e. The Bertz CT molecular complexity index is 860. The van der Waals surface area contributed by atoms with E-state index < -0.39 is 10.0 Å². The Morgan fingerprint density at radius 1 is 1.36 bits per heavy atom. The molecule has 1 aliphatic rings. The molecule has 0 saturated heterocycles. The highest BCUT2D eigenvalue weighted by atomic mass is 32.2. The Balaban J connectivity index is 1.56. The average Bonchev–Trinajstić information content (AvgIpc) is 3.31. The largest absolute Gasteiger partial charge is 0.375 e. The van der Waals surface area contributed by atoms with Gasteiger partial charge in [-0.3, -0.25) is 4.79 Å². The molecule has 7 nitrogen and oxygen atoms in total. The highest BCUT2D eigenvalue weighted by Crippen LogP contribution is 2.20. The molecule has 1 aromatic carbocycles. The minimum Gasteiger partial charge on any atom is -0.375 e. The standard InChI is InChI=1S/C16H20N4O3S2/c17-16-20-13(10-24-16)4-2-8-18-25(22,23)14-5-1-3-11(9-14)15(21)19-12-6-7-12/h1,3,5,9-10,12,18H,2,4,6-8H2,(H2,17,20)(H,19,21). The number of nitrogen functional groups attached to an aromatic ring is 1. The Labute approximate surface area is 150 Å². The number of hydrogen-bond donors (Lipinski definition) is 3. The summed E-state index contributed by atoms with van der Waals surface area (Å²) < 4.78 is 27.3. The van der Waals surface area contributed by atoms with Crippen molar-refractivity contribution in [3.05, 3.63) is 40.9 Å². The molecule has 134 valence electrons. The Morgan fingerprint density at radius 3 is 2.84 bits per heavy atom. The molecule has 3 rings (SSSR count). The normalized spacial score (nSPS) is 14.4. The van der Waals surface area contributed by atoms with Crippen molar-refractivity contribution in [2.75, 3.05) is 12.3 Å². The predicted molar refractivity (Wildman–Crippen MR) is 97.0 cm³/mol. The van der Waals surface area contributed by atoms with Gasteiger partial charge in [0.1, 0.15) is 0 Å². The highest BCUT2D eigenvalue weighted by molar-refractivity contribution is 7.89. The van der Waals surface area contributed by atoms with E-state index in [0.717, 1.165) is 18.5 Å². The number of rotatable bonds is 8. The minimum atomic E-state index is -3.65. The number of nitrogens with one attached hydrogen (secondary N) is 2. The number of nitrogens with zero attached hydrogens (tertiary/aromatic N) is 1. The molecule has 9 heteroatoms. The fraction of sp³-hybridized carbons (Fsp3) is 0.375. The zero-order valence-corrected chi connectivity index (χ0v) is 15.2. The summed E-state index contributed by atoms with van der Waals surface area (Å²) in [6.07, 6.45) is 3.23. The first-order chi connectivity index (χ1) is 11.9. The maximum Gasteiger partial charge on any atom is 0.251 e. The van der Waals surface area contributed by atoms with Gasteiger partial charge >= 0.3 is 0 Å². The number of carbonyl (C=O) groups is 1. The van der Waals surface area contributed by atoms with Crippen molar-refractivity contribution in [1.29, 1.82) is 0 Å². The SMILES string of the molecule is Nc1nc(CCCNS(=O)(=O)c2cccc(C(=O)NC3CC3)c2)cs1. The third-order valence-corrected chi connectivity index (χ3v) is 5.97. The van der Waals surface area contributed by atoms with Gasteiger partial charge in [-0.25, -0.2) is 18.1 Å². The van der Waals surface area contributed by atoms with Crippen LogP contribution < -0.4 is 15.8 Å². The van der Waals surface area contributed by atoms with Gasteiger partial charge in [0.05, 0.1) is 10.6 Å². The summed E-state index contributed by atoms with van der Waals surface area (Å²) >= 11 is 1.37. The molecule has 0 atom stereocenters. The van der Waals surface area contributed by atoms with Gasteiger partial charge < -0.3 is 11.1 Å². The van der Waals surface area contributed by atoms with Gasteiger partial charge in [0.25, 0.3) is 5.91 Å². The van der Waals surface area contributed by atoms with Crippen LogP contribution in [0.1, 0.15) is 35.3 Å². The van der Waals surface area contributed by atoms with Crippen LogP contribution in [0.2, 0.25) is 0 Å². The molecule has 25 heavy (non-hydrogen) atoms. The van der Waals surface area contributed by atoms with Gasteiger partial charge in [-0.05, 0) is 43.9 Å². The van der Waals surface area contributed by atoms with Crippen LogP contribution in [0.3, 0.4) is 0 Å². The van der Waals surface area contributed by atoms with Crippen LogP contribution in [0.25, 0.3) is 0 Å². The quantitative estimate of drug-likeness (QED) is 0.601. The Kier molecular flexibility index (Phi) is 5.36. The first kappa shape index (κ1) is 17.8. The summed E-state index contributed by atoms with van der Waals surface area (Å²) in [7, 11) is -3.65. The molecular formula is C16H20N4O3S2. The summed E-state index contributed by atoms with van der Waals surface area (Å²) in [4.78, 5) is 16.3. The third kappa shape index (κ3) is 5.00. The van der Waals surface area contributed by atoms with E-state index in [1.807, 2.05) is 5.38 Å². The topological polar surface area (TPSA) is 114 Å². The van der Waals surface area contributed by atoms with Crippen molar-refractivity contribution >= 4 is 32.4 Å². The fourth-order valence-corrected chi connectivity index (χ4v) is 4.01. The van der Waals surface area contributed by atoms with Crippen LogP contribution in [0, 0.1) is 0 Å². The van der Waals surface area contributed by atoms with Crippen molar-refractivity contribution in [3.63, 3.8) is 0 Å². The van der Waals surface area contributed by atoms with E-state index in [1.165, 1.54) is 23.5 Å². The first-order valence-corrected chi connectivity index (χ1v) is 10.4. The minimum absolute atomic E-state index is 0.0915. The molecule has 1 aliphatic carbocycles. The highest BCUT2D eigenvalue weighted by Gasteiger charge is 2.24. The number of benzene rings is 1. The summed E-state index contributed by atoms with van der Waals surface area (Å²) in [5.74, 6) is -0.235. The molecule has 1 aromatic heterocycles. The van der Waals surface area contributed by atoms with Gasteiger partial charge in [0, 0.05) is 23.5 Å². The van der Waals surface area contributed by atoms with Crippen LogP contribution in [0.15, 0.2) is 34.5 Å². The second-order valence-corrected chi connectivity index (χ2v) is 8.61. The summed E-state index contributed by atoms with van der Waals surface area (Å²) in [6, 6.07) is 6.31. The summed E-state index contributed by atoms with van der Waals surface area (Å²) in [6.45, 7) is 0.290. The lowest BCUT2D eigenvalue weighted by Crippen LogP contribution is -2.27. The monoisotopic (exact) mass is 380 g/mol. The summed E-state index contributed by atoms with van der Waals surface area (Å²) in [5.41, 5.74) is 6.78. The predicted octanol–water partition coefficient (Wildman–Crippen LogP) is 1.53. The molecule has 4 N–H and O–H groups in total. The van der Waals surface area contributed by atoms with Crippen molar-refractivity contribution in [2.24, 2.45) is 0 Å². The third-order valence-electron chi connectivity index (χ3n) is 3.79. The van der Waals surface area contributed by atoms with Crippen molar-refractivity contribution in [2.45, 2.75) is 36.6 Å². The van der Waals surface area contributed by atoms with E-state index in [-0.39, 0.29) is 23.4 Å². The van der Waals surface area contributed by atoms with Gasteiger partial charge in [0.2, 0.25) is 10.0 Å². The molecule has 2 aromatic rings. The second kappa shape index (κ2) is 7.51. The molecule has 0 bridgehead atoms. The number of carbonyl (C=O) groups excluding carboxylic acids is 1. The zero-order valence-electron chi connectivity index (χ0n) is 13.6. The number of aromatic nitrogens is 1. The average molecular weight is 380 g/mol. The molecular weight excluding hydrogens is 360 g/mol. The lowest BCUT2D eigenvalue weighted by Gasteiger charge is -2.08. The zero-order chi connectivity index (χ0) is 17.9. The van der Waals surface area contributed by atoms with Gasteiger partial charge in [-0.15, -0.1) is 11.3 Å². The fourth-order valence-electron chi connectivity index (χ4n) is 2.30. The number of hydrogen-bond acceptors (Lipinski definition) is 6. The number of thiazole rings is 1. The van der Waals surface area contributed by atoms with Gasteiger partial charge in [-0.2, -0.15) is 0 Å². The molecule has 0 unspecified atom stereocenters. The van der Waals surface area contributed by atoms with Crippen LogP contribution in [0.5, 0.6) is 0 Å². The lowest BCUT2D eigenvalue weighted by atomic mass is 10.2. The van der Waals surface area contributed by atoms with Crippen molar-refractivity contribution in [3.8, 4) is 0 Å². The lowest BCUT2D eigenvalue weighted by molar-refractivity contribution is 0.0951. The maximum atomic E-state index is 12.4. The van der Waals surface area contributed by atoms with Crippen LogP contribution >= 0.6 is 11.3 Å². The van der Waals surface area contributed by atoms with Crippen LogP contribution in [-0.4, -0.2) is 31.9 Å². The van der Waals surface area contributed by atoms with Crippen molar-refractivity contribution in [1.82, 2.24) is 15.0 Å². The van der Waals surface area contributed by atoms with E-state index in [4.69, 9.17) is 5.73 Å². The van der Waals surface area contributed by atoms with Crippen LogP contribution in [0.4, 0.5) is 5.13 Å². The molecule has 0 aliphatic heterocycles. The molecule has 0 radical (unpaired) electrons. The number of nitrogens with two attached hydrogens (primary N) is 1. The molecule has 1 saturated carbocycles. The molecule has 0 spiro atoms. The van der Waals surface area contributed by atoms with E-state index in [9.17, 15) is 13.2 Å². The second-order valence-electron chi connectivity index (χ2n) is 5.95.